The number of benzene rings is 1. The van der Waals surface area contributed by atoms with Crippen LogP contribution in [0.25, 0.3) is 16.6 Å². The van der Waals surface area contributed by atoms with Crippen molar-refractivity contribution < 1.29 is 13.6 Å². The monoisotopic (exact) mass is 489 g/mol. The molecule has 1 aromatic carbocycles. The summed E-state index contributed by atoms with van der Waals surface area (Å²) in [7, 11) is 5.53. The van der Waals surface area contributed by atoms with E-state index in [0.29, 0.717) is 55.0 Å². The highest BCUT2D eigenvalue weighted by atomic mass is 19.1. The average Bonchev–Trinajstić information content (AvgIpc) is 3.32. The molecule has 1 aliphatic rings. The minimum absolute atomic E-state index is 0.0296. The first-order valence-electron chi connectivity index (χ1n) is 11.7. The third-order valence-corrected chi connectivity index (χ3v) is 6.20. The van der Waals surface area contributed by atoms with Gasteiger partial charge >= 0.3 is 0 Å². The molecule has 182 valence electrons. The Hall–Kier alpha value is -3.67. The van der Waals surface area contributed by atoms with E-state index < -0.39 is 28.5 Å². The number of hydrogen-bond acceptors (Lipinski definition) is 6. The van der Waals surface area contributed by atoms with Crippen molar-refractivity contribution in [3.8, 4) is 0 Å². The van der Waals surface area contributed by atoms with E-state index >= 15 is 4.39 Å². The van der Waals surface area contributed by atoms with Crippen LogP contribution in [0, 0.1) is 11.8 Å². The van der Waals surface area contributed by atoms with Gasteiger partial charge in [0.05, 0.1) is 17.4 Å². The number of carbonyl (C=O) groups is 1. The van der Waals surface area contributed by atoms with Gasteiger partial charge in [-0.25, -0.2) is 13.9 Å². The molecule has 0 atom stereocenters. The van der Waals surface area contributed by atoms with Gasteiger partial charge in [0, 0.05) is 38.3 Å². The van der Waals surface area contributed by atoms with Crippen LogP contribution >= 0.6 is 0 Å². The Morgan fingerprint density at radius 1 is 1.06 bits per heavy atom. The molecule has 0 unspecified atom stereocenters. The van der Waals surface area contributed by atoms with E-state index in [9.17, 15) is 14.0 Å². The van der Waals surface area contributed by atoms with Crippen molar-refractivity contribution in [3.05, 3.63) is 69.9 Å². The summed E-state index contributed by atoms with van der Waals surface area (Å²) in [5.74, 6) is -1.60. The second kappa shape index (κ2) is 9.09. The highest BCUT2D eigenvalue weighted by Gasteiger charge is 2.24. The second-order valence-corrected chi connectivity index (χ2v) is 9.99. The number of rotatable bonds is 5. The van der Waals surface area contributed by atoms with Crippen LogP contribution in [0.4, 0.5) is 14.5 Å². The van der Waals surface area contributed by atoms with Crippen molar-refractivity contribution in [3.63, 3.8) is 0 Å². The molecule has 0 spiro atoms. The summed E-state index contributed by atoms with van der Waals surface area (Å²) in [6.07, 6.45) is 1.50. The molecule has 1 amide bonds. The summed E-state index contributed by atoms with van der Waals surface area (Å²) in [5, 5.41) is 6.45. The third-order valence-electron chi connectivity index (χ3n) is 6.20. The van der Waals surface area contributed by atoms with Gasteiger partial charge < -0.3 is 15.2 Å². The quantitative estimate of drug-likeness (QED) is 0.260. The molecule has 4 heterocycles. The van der Waals surface area contributed by atoms with Gasteiger partial charge in [-0.3, -0.25) is 14.5 Å². The summed E-state index contributed by atoms with van der Waals surface area (Å²) in [6, 6.07) is 8.13. The van der Waals surface area contributed by atoms with Crippen LogP contribution in [0.2, 0.25) is 0 Å². The number of halogens is 2. The molecular formula is C22H24B3F2N7O2. The molecule has 4 aromatic rings. The number of amides is 1. The molecular weight excluding hydrogens is 465 g/mol. The zero-order valence-corrected chi connectivity index (χ0v) is 20.3. The Morgan fingerprint density at radius 3 is 2.50 bits per heavy atom. The Kier molecular flexibility index (Phi) is 6.07. The van der Waals surface area contributed by atoms with Crippen LogP contribution in [0.3, 0.4) is 0 Å². The number of H-pyrrole nitrogens is 1. The number of nitrogens with zero attached hydrogens (tertiary/aromatic N) is 5. The van der Waals surface area contributed by atoms with Gasteiger partial charge in [0.25, 0.3) is 11.5 Å². The molecule has 9 nitrogen and oxygen atoms in total. The first-order valence-corrected chi connectivity index (χ1v) is 11.7. The Morgan fingerprint density at radius 2 is 1.81 bits per heavy atom. The molecule has 14 heteroatoms. The molecule has 2 N–H and O–H groups in total. The highest BCUT2D eigenvalue weighted by molar-refractivity contribution is 6.60. The van der Waals surface area contributed by atoms with Crippen molar-refractivity contribution in [2.75, 3.05) is 31.1 Å². The van der Waals surface area contributed by atoms with E-state index in [0.717, 1.165) is 0 Å². The Balaban J connectivity index is 1.27. The molecule has 1 saturated heterocycles. The first-order chi connectivity index (χ1) is 17.1. The molecule has 0 saturated carbocycles. The minimum Gasteiger partial charge on any atom is -0.368 e. The van der Waals surface area contributed by atoms with Gasteiger partial charge in [-0.1, -0.05) is 6.07 Å². The average molecular weight is 489 g/mol. The largest absolute Gasteiger partial charge is 0.368 e. The smallest absolute Gasteiger partial charge is 0.274 e. The van der Waals surface area contributed by atoms with E-state index in [-0.39, 0.29) is 11.2 Å². The predicted molar refractivity (Wildman–Crippen MR) is 141 cm³/mol. The standard InChI is InChI=1S/C22H24B3F2N7O2/c23-22(24,25)31-20(35)13-2-4-15(19(27)29-13)33-9-7-32(8-10-33)11-12-1-3-14-18(17(12)26)30-21(36)16-5-6-28-34(14)16/h1-6H,7-11,23-25H2,(H,30,36)(H,31,35). The van der Waals surface area contributed by atoms with Gasteiger partial charge in [0.2, 0.25) is 5.95 Å². The number of anilines is 1. The van der Waals surface area contributed by atoms with Gasteiger partial charge in [-0.05, 0) is 29.5 Å². The van der Waals surface area contributed by atoms with Crippen LogP contribution in [0.5, 0.6) is 0 Å². The van der Waals surface area contributed by atoms with Crippen molar-refractivity contribution in [1.82, 2.24) is 29.8 Å². The number of piperazine rings is 1. The van der Waals surface area contributed by atoms with Crippen LogP contribution in [-0.2, 0) is 6.54 Å². The minimum atomic E-state index is -0.695. The zero-order chi connectivity index (χ0) is 25.6. The van der Waals surface area contributed by atoms with Gasteiger partial charge in [0.1, 0.15) is 40.3 Å². The first kappa shape index (κ1) is 24.0. The van der Waals surface area contributed by atoms with Crippen molar-refractivity contribution in [2.45, 2.75) is 11.8 Å². The summed E-state index contributed by atoms with van der Waals surface area (Å²) >= 11 is 0. The van der Waals surface area contributed by atoms with Crippen LogP contribution in [-0.4, -0.2) is 85.3 Å². The lowest BCUT2D eigenvalue weighted by molar-refractivity contribution is 0.0946. The van der Waals surface area contributed by atoms with E-state index in [1.807, 2.05) is 28.4 Å². The maximum absolute atomic E-state index is 15.3. The molecule has 1 fully saturated rings. The summed E-state index contributed by atoms with van der Waals surface area (Å²) in [6.45, 7) is 2.55. The number of aromatic amines is 1. The van der Waals surface area contributed by atoms with E-state index in [4.69, 9.17) is 0 Å². The lowest BCUT2D eigenvalue weighted by atomic mass is 9.49. The van der Waals surface area contributed by atoms with Crippen molar-refractivity contribution >= 4 is 51.7 Å². The molecule has 5 rings (SSSR count). The van der Waals surface area contributed by atoms with Gasteiger partial charge in [-0.2, -0.15) is 9.49 Å². The van der Waals surface area contributed by atoms with Gasteiger partial charge in [0.15, 0.2) is 5.82 Å². The molecule has 0 radical (unpaired) electrons. The molecule has 36 heavy (non-hydrogen) atoms. The Bertz CT molecular complexity index is 1530. The maximum Gasteiger partial charge on any atom is 0.274 e. The number of nitrogens with one attached hydrogen (secondary N) is 2. The predicted octanol–water partition coefficient (Wildman–Crippen LogP) is -1.59. The fourth-order valence-corrected chi connectivity index (χ4v) is 4.45. The zero-order valence-electron chi connectivity index (χ0n) is 20.3. The fourth-order valence-electron chi connectivity index (χ4n) is 4.45. The Labute approximate surface area is 208 Å². The second-order valence-electron chi connectivity index (χ2n) is 9.99. The number of aromatic nitrogens is 4. The van der Waals surface area contributed by atoms with E-state index in [1.165, 1.54) is 16.8 Å². The molecule has 0 bridgehead atoms. The topological polar surface area (TPSA) is 98.6 Å². The molecule has 3 aromatic heterocycles. The normalized spacial score (nSPS) is 15.0. The van der Waals surface area contributed by atoms with Gasteiger partial charge in [-0.15, -0.1) is 0 Å². The highest BCUT2D eigenvalue weighted by Crippen LogP contribution is 2.23. The van der Waals surface area contributed by atoms with Crippen LogP contribution < -0.4 is 15.8 Å². The third kappa shape index (κ3) is 4.60. The number of pyridine rings is 1. The lowest BCUT2D eigenvalue weighted by Crippen LogP contribution is -2.50. The maximum atomic E-state index is 15.3. The SMILES string of the molecule is BC(B)(B)NC(=O)c1ccc(N2CCN(Cc3ccc4c([nH]c(=O)c5ccnn54)c3F)CC2)c(F)n1. The van der Waals surface area contributed by atoms with Crippen LogP contribution in [0.15, 0.2) is 41.3 Å². The number of fused-ring (bicyclic) bond motifs is 3. The summed E-state index contributed by atoms with van der Waals surface area (Å²) < 4.78 is 31.5. The molecule has 0 aliphatic carbocycles. The van der Waals surface area contributed by atoms with Crippen molar-refractivity contribution in [2.24, 2.45) is 0 Å². The number of hydrogen-bond donors (Lipinski definition) is 2. The van der Waals surface area contributed by atoms with E-state index in [1.54, 1.807) is 24.3 Å². The lowest BCUT2D eigenvalue weighted by Gasteiger charge is -2.36. The summed E-state index contributed by atoms with van der Waals surface area (Å²) in [5.41, 5.74) is 1.39. The van der Waals surface area contributed by atoms with Crippen LogP contribution in [0.1, 0.15) is 16.1 Å². The summed E-state index contributed by atoms with van der Waals surface area (Å²) in [4.78, 5) is 35.0. The molecule has 1 aliphatic heterocycles. The number of carbonyl (C=O) groups excluding carboxylic acids is 1. The van der Waals surface area contributed by atoms with Crippen molar-refractivity contribution in [1.29, 1.82) is 0 Å². The fraction of sp³-hybridized carbons (Fsp3) is 0.273. The van der Waals surface area contributed by atoms with E-state index in [2.05, 4.69) is 25.3 Å².